The summed E-state index contributed by atoms with van der Waals surface area (Å²) >= 11 is 1.60. The van der Waals surface area contributed by atoms with Gasteiger partial charge in [-0.2, -0.15) is 0 Å². The van der Waals surface area contributed by atoms with E-state index in [4.69, 9.17) is 4.98 Å². The zero-order valence-corrected chi connectivity index (χ0v) is 12.8. The highest BCUT2D eigenvalue weighted by atomic mass is 32.1. The van der Waals surface area contributed by atoms with E-state index in [0.29, 0.717) is 0 Å². The Labute approximate surface area is 123 Å². The Morgan fingerprint density at radius 1 is 1.20 bits per heavy atom. The maximum absolute atomic E-state index is 11.7. The maximum atomic E-state index is 11.7. The number of benzene rings is 1. The molecule has 1 aliphatic rings. The molecule has 0 amide bonds. The molecule has 1 aromatic heterocycles. The Morgan fingerprint density at radius 3 is 2.40 bits per heavy atom. The Morgan fingerprint density at radius 2 is 1.85 bits per heavy atom. The normalized spacial score (nSPS) is 17.3. The van der Waals surface area contributed by atoms with Crippen molar-refractivity contribution in [3.8, 4) is 0 Å². The van der Waals surface area contributed by atoms with E-state index in [9.17, 15) is 4.79 Å². The van der Waals surface area contributed by atoms with E-state index in [1.54, 1.807) is 18.3 Å². The van der Waals surface area contributed by atoms with Gasteiger partial charge in [-0.05, 0) is 25.3 Å². The van der Waals surface area contributed by atoms with Gasteiger partial charge in [0.15, 0.2) is 5.78 Å². The number of thiazole rings is 1. The van der Waals surface area contributed by atoms with Crippen molar-refractivity contribution < 1.29 is 4.79 Å². The average molecular weight is 285 g/mol. The third kappa shape index (κ3) is 2.10. The molecule has 0 spiro atoms. The molecule has 2 aromatic rings. The molecule has 0 aliphatic heterocycles. The van der Waals surface area contributed by atoms with Crippen LogP contribution in [0.1, 0.15) is 58.5 Å². The van der Waals surface area contributed by atoms with Crippen LogP contribution in [-0.4, -0.2) is 10.8 Å². The molecule has 1 saturated carbocycles. The van der Waals surface area contributed by atoms with E-state index in [1.807, 2.05) is 6.92 Å². The molecule has 104 valence electrons. The van der Waals surface area contributed by atoms with E-state index < -0.39 is 0 Å². The molecular weight excluding hydrogens is 266 g/mol. The Hall–Kier alpha value is -1.48. The molecule has 0 atom stereocenters. The molecule has 1 fully saturated rings. The summed E-state index contributed by atoms with van der Waals surface area (Å²) in [6.07, 6.45) is 4.76. The van der Waals surface area contributed by atoms with E-state index in [-0.39, 0.29) is 11.2 Å². The summed E-state index contributed by atoms with van der Waals surface area (Å²) in [5.41, 5.74) is 2.27. The Bertz CT molecular complexity index is 624. The van der Waals surface area contributed by atoms with Crippen molar-refractivity contribution >= 4 is 17.1 Å². The number of ketones is 1. The molecule has 2 nitrogen and oxygen atoms in total. The van der Waals surface area contributed by atoms with Crippen molar-refractivity contribution in [2.45, 2.75) is 44.9 Å². The van der Waals surface area contributed by atoms with Gasteiger partial charge in [-0.3, -0.25) is 4.79 Å². The summed E-state index contributed by atoms with van der Waals surface area (Å²) in [6, 6.07) is 10.7. The molecule has 20 heavy (non-hydrogen) atoms. The van der Waals surface area contributed by atoms with Crippen molar-refractivity contribution in [3.63, 3.8) is 0 Å². The van der Waals surface area contributed by atoms with Gasteiger partial charge in [-0.15, -0.1) is 11.3 Å². The summed E-state index contributed by atoms with van der Waals surface area (Å²) in [5.74, 6) is 0.132. The van der Waals surface area contributed by atoms with Crippen LogP contribution >= 0.6 is 11.3 Å². The summed E-state index contributed by atoms with van der Waals surface area (Å²) in [7, 11) is 0. The van der Waals surface area contributed by atoms with Gasteiger partial charge in [-0.25, -0.2) is 4.98 Å². The smallest absolute Gasteiger partial charge is 0.171 e. The number of carbonyl (C=O) groups is 1. The molecule has 0 saturated heterocycles. The lowest BCUT2D eigenvalue weighted by Gasteiger charge is -2.27. The molecule has 1 aromatic carbocycles. The van der Waals surface area contributed by atoms with Crippen molar-refractivity contribution in [1.29, 1.82) is 0 Å². The predicted octanol–water partition coefficient (Wildman–Crippen LogP) is 4.51. The summed E-state index contributed by atoms with van der Waals surface area (Å²) in [6.45, 7) is 3.58. The number of aromatic nitrogens is 1. The first-order valence-electron chi connectivity index (χ1n) is 7.18. The lowest BCUT2D eigenvalue weighted by atomic mass is 9.79. The minimum atomic E-state index is 0.0321. The second-order valence-corrected chi connectivity index (χ2v) is 6.64. The fourth-order valence-corrected chi connectivity index (χ4v) is 4.52. The number of rotatable bonds is 3. The quantitative estimate of drug-likeness (QED) is 0.776. The highest BCUT2D eigenvalue weighted by molar-refractivity contribution is 7.14. The molecule has 0 radical (unpaired) electrons. The van der Waals surface area contributed by atoms with Crippen LogP contribution in [0.5, 0.6) is 0 Å². The second-order valence-electron chi connectivity index (χ2n) is 5.64. The summed E-state index contributed by atoms with van der Waals surface area (Å²) in [5, 5.41) is 1.13. The van der Waals surface area contributed by atoms with Crippen molar-refractivity contribution in [2.75, 3.05) is 0 Å². The van der Waals surface area contributed by atoms with Crippen LogP contribution in [0.4, 0.5) is 0 Å². The van der Waals surface area contributed by atoms with Crippen LogP contribution in [0.15, 0.2) is 30.3 Å². The summed E-state index contributed by atoms with van der Waals surface area (Å²) < 4.78 is 0. The molecule has 3 heteroatoms. The van der Waals surface area contributed by atoms with E-state index in [2.05, 4.69) is 30.3 Å². The zero-order chi connectivity index (χ0) is 14.2. The minimum Gasteiger partial charge on any atom is -0.294 e. The van der Waals surface area contributed by atoms with Crippen LogP contribution < -0.4 is 0 Å². The third-order valence-corrected chi connectivity index (χ3v) is 5.77. The topological polar surface area (TPSA) is 30.0 Å². The Kier molecular flexibility index (Phi) is 3.47. The molecule has 1 heterocycles. The predicted molar refractivity (Wildman–Crippen MR) is 82.5 cm³/mol. The monoisotopic (exact) mass is 285 g/mol. The van der Waals surface area contributed by atoms with Gasteiger partial charge in [0.1, 0.15) is 5.01 Å². The van der Waals surface area contributed by atoms with Crippen LogP contribution in [0.3, 0.4) is 0 Å². The second kappa shape index (κ2) is 5.13. The molecule has 0 N–H and O–H groups in total. The Balaban J connectivity index is 2.12. The van der Waals surface area contributed by atoms with Crippen molar-refractivity contribution in [3.05, 3.63) is 51.5 Å². The number of carbonyl (C=O) groups excluding carboxylic acids is 1. The molecule has 3 rings (SSSR count). The average Bonchev–Trinajstić information content (AvgIpc) is 3.07. The van der Waals surface area contributed by atoms with Crippen LogP contribution in [-0.2, 0) is 5.41 Å². The number of hydrogen-bond acceptors (Lipinski definition) is 3. The number of hydrogen-bond donors (Lipinski definition) is 0. The minimum absolute atomic E-state index is 0.0321. The van der Waals surface area contributed by atoms with Crippen LogP contribution in [0.25, 0.3) is 0 Å². The first-order valence-corrected chi connectivity index (χ1v) is 7.99. The highest BCUT2D eigenvalue weighted by Gasteiger charge is 2.40. The third-order valence-electron chi connectivity index (χ3n) is 4.31. The largest absolute Gasteiger partial charge is 0.294 e. The van der Waals surface area contributed by atoms with Gasteiger partial charge in [0, 0.05) is 12.3 Å². The number of Topliss-reactive ketones (excluding diaryl/α,β-unsaturated/α-hetero) is 1. The molecular formula is C17H19NOS. The zero-order valence-electron chi connectivity index (χ0n) is 12.0. The molecule has 0 unspecified atom stereocenters. The lowest BCUT2D eigenvalue weighted by molar-refractivity contribution is 0.102. The highest BCUT2D eigenvalue weighted by Crippen LogP contribution is 2.48. The number of aryl methyl sites for hydroxylation is 1. The van der Waals surface area contributed by atoms with E-state index >= 15 is 0 Å². The molecule has 1 aliphatic carbocycles. The van der Waals surface area contributed by atoms with Crippen molar-refractivity contribution in [2.24, 2.45) is 0 Å². The SMILES string of the molecule is CC(=O)c1sc(C2(c3ccccc3)CCCC2)nc1C. The molecule has 0 bridgehead atoms. The number of nitrogens with zero attached hydrogens (tertiary/aromatic N) is 1. The lowest BCUT2D eigenvalue weighted by Crippen LogP contribution is -2.23. The van der Waals surface area contributed by atoms with Gasteiger partial charge >= 0.3 is 0 Å². The van der Waals surface area contributed by atoms with Gasteiger partial charge in [-0.1, -0.05) is 43.2 Å². The standard InChI is InChI=1S/C17H19NOS/c1-12-15(13(2)19)20-16(18-12)17(10-6-7-11-17)14-8-4-3-5-9-14/h3-5,8-9H,6-7,10-11H2,1-2H3. The van der Waals surface area contributed by atoms with Crippen LogP contribution in [0, 0.1) is 6.92 Å². The summed E-state index contributed by atoms with van der Waals surface area (Å²) in [4.78, 5) is 17.3. The van der Waals surface area contributed by atoms with Gasteiger partial charge in [0.2, 0.25) is 0 Å². The van der Waals surface area contributed by atoms with Gasteiger partial charge in [0.25, 0.3) is 0 Å². The maximum Gasteiger partial charge on any atom is 0.171 e. The van der Waals surface area contributed by atoms with E-state index in [0.717, 1.165) is 28.4 Å². The van der Waals surface area contributed by atoms with E-state index in [1.165, 1.54) is 18.4 Å². The van der Waals surface area contributed by atoms with Crippen LogP contribution in [0.2, 0.25) is 0 Å². The van der Waals surface area contributed by atoms with Gasteiger partial charge < -0.3 is 0 Å². The first-order chi connectivity index (χ1) is 9.63. The van der Waals surface area contributed by atoms with Gasteiger partial charge in [0.05, 0.1) is 10.6 Å². The fourth-order valence-electron chi connectivity index (χ4n) is 3.29. The fraction of sp³-hybridized carbons (Fsp3) is 0.412. The van der Waals surface area contributed by atoms with Crippen molar-refractivity contribution in [1.82, 2.24) is 4.98 Å². The first kappa shape index (κ1) is 13.5.